The van der Waals surface area contributed by atoms with Crippen LogP contribution in [0.15, 0.2) is 15.3 Å². The standard InChI is InChI=1S/C20H24O10/c1-7-5-11(23)13-18(27-7)8(2)17(9(3)19(13)28-10(4)22)30-20-16(26)15(25)14(24)12(6-21)29-20/h5,12,14-16,20-21,24-26H,6H2,1-4H3/t12-,14-,15+,16-,20-/m1/s1. The summed E-state index contributed by atoms with van der Waals surface area (Å²) >= 11 is 0. The number of aliphatic hydroxyl groups excluding tert-OH is 4. The zero-order chi connectivity index (χ0) is 22.3. The lowest BCUT2D eigenvalue weighted by Gasteiger charge is -2.40. The van der Waals surface area contributed by atoms with E-state index in [2.05, 4.69) is 0 Å². The van der Waals surface area contributed by atoms with Crippen molar-refractivity contribution >= 4 is 16.9 Å². The van der Waals surface area contributed by atoms with Gasteiger partial charge in [-0.2, -0.15) is 0 Å². The van der Waals surface area contributed by atoms with Crippen LogP contribution >= 0.6 is 0 Å². The number of carbonyl (C=O) groups is 1. The fraction of sp³-hybridized carbons (Fsp3) is 0.500. The Kier molecular flexibility index (Phi) is 6.16. The van der Waals surface area contributed by atoms with Gasteiger partial charge in [-0.15, -0.1) is 0 Å². The van der Waals surface area contributed by atoms with Gasteiger partial charge < -0.3 is 39.1 Å². The molecule has 1 fully saturated rings. The predicted octanol–water partition coefficient (Wildman–Crippen LogP) is -0.178. The molecule has 1 aliphatic rings. The second-order valence-corrected chi connectivity index (χ2v) is 7.24. The molecule has 10 nitrogen and oxygen atoms in total. The zero-order valence-corrected chi connectivity index (χ0v) is 16.9. The number of hydrogen-bond acceptors (Lipinski definition) is 10. The molecule has 1 aromatic heterocycles. The van der Waals surface area contributed by atoms with E-state index in [9.17, 15) is 30.0 Å². The van der Waals surface area contributed by atoms with Crippen LogP contribution in [0.4, 0.5) is 0 Å². The summed E-state index contributed by atoms with van der Waals surface area (Å²) in [5, 5.41) is 39.6. The van der Waals surface area contributed by atoms with Gasteiger partial charge in [0, 0.05) is 24.1 Å². The van der Waals surface area contributed by atoms with Crippen molar-refractivity contribution in [3.8, 4) is 11.5 Å². The molecule has 0 amide bonds. The van der Waals surface area contributed by atoms with E-state index in [4.69, 9.17) is 18.6 Å². The van der Waals surface area contributed by atoms with Crippen LogP contribution in [-0.4, -0.2) is 63.7 Å². The molecule has 4 N–H and O–H groups in total. The van der Waals surface area contributed by atoms with Gasteiger partial charge in [-0.25, -0.2) is 0 Å². The van der Waals surface area contributed by atoms with Crippen molar-refractivity contribution in [2.24, 2.45) is 0 Å². The van der Waals surface area contributed by atoms with Crippen LogP contribution in [0.1, 0.15) is 23.8 Å². The molecule has 2 heterocycles. The van der Waals surface area contributed by atoms with E-state index in [0.717, 1.165) is 0 Å². The summed E-state index contributed by atoms with van der Waals surface area (Å²) in [5.41, 5.74) is 0.358. The van der Waals surface area contributed by atoms with E-state index < -0.39 is 48.7 Å². The summed E-state index contributed by atoms with van der Waals surface area (Å²) in [5.74, 6) is -0.303. The summed E-state index contributed by atoms with van der Waals surface area (Å²) < 4.78 is 22.1. The number of esters is 1. The molecule has 2 aromatic rings. The van der Waals surface area contributed by atoms with Crippen molar-refractivity contribution in [1.82, 2.24) is 0 Å². The monoisotopic (exact) mass is 424 g/mol. The van der Waals surface area contributed by atoms with E-state index in [1.807, 2.05) is 0 Å². The first-order valence-electron chi connectivity index (χ1n) is 9.30. The van der Waals surface area contributed by atoms with Gasteiger partial charge in [-0.05, 0) is 20.8 Å². The summed E-state index contributed by atoms with van der Waals surface area (Å²) in [6.45, 7) is 5.30. The number of carbonyl (C=O) groups excluding carboxylic acids is 1. The highest BCUT2D eigenvalue weighted by molar-refractivity contribution is 5.92. The number of benzene rings is 1. The number of fused-ring (bicyclic) bond motifs is 1. The van der Waals surface area contributed by atoms with Gasteiger partial charge in [0.1, 0.15) is 46.9 Å². The van der Waals surface area contributed by atoms with Gasteiger partial charge in [-0.1, -0.05) is 0 Å². The Morgan fingerprint density at radius 3 is 2.33 bits per heavy atom. The molecule has 1 aliphatic heterocycles. The van der Waals surface area contributed by atoms with E-state index in [-0.39, 0.29) is 28.0 Å². The van der Waals surface area contributed by atoms with E-state index >= 15 is 0 Å². The highest BCUT2D eigenvalue weighted by Crippen LogP contribution is 2.40. The van der Waals surface area contributed by atoms with Gasteiger partial charge >= 0.3 is 5.97 Å². The molecule has 0 aliphatic carbocycles. The second-order valence-electron chi connectivity index (χ2n) is 7.24. The number of aryl methyl sites for hydroxylation is 2. The Morgan fingerprint density at radius 2 is 1.73 bits per heavy atom. The first-order valence-corrected chi connectivity index (χ1v) is 9.30. The molecule has 30 heavy (non-hydrogen) atoms. The van der Waals surface area contributed by atoms with E-state index in [1.165, 1.54) is 13.0 Å². The van der Waals surface area contributed by atoms with Crippen molar-refractivity contribution < 1.29 is 43.8 Å². The fourth-order valence-electron chi connectivity index (χ4n) is 3.49. The quantitative estimate of drug-likeness (QED) is 0.384. The second kappa shape index (κ2) is 8.32. The maximum Gasteiger partial charge on any atom is 0.308 e. The molecule has 10 heteroatoms. The summed E-state index contributed by atoms with van der Waals surface area (Å²) in [7, 11) is 0. The Labute approximate surface area is 171 Å². The number of aliphatic hydroxyl groups is 4. The minimum atomic E-state index is -1.64. The molecule has 1 saturated heterocycles. The lowest BCUT2D eigenvalue weighted by Crippen LogP contribution is -2.60. The van der Waals surface area contributed by atoms with E-state index in [1.54, 1.807) is 20.8 Å². The average molecular weight is 424 g/mol. The van der Waals surface area contributed by atoms with Crippen molar-refractivity contribution in [3.05, 3.63) is 33.2 Å². The van der Waals surface area contributed by atoms with Crippen LogP contribution in [-0.2, 0) is 9.53 Å². The summed E-state index contributed by atoms with van der Waals surface area (Å²) in [6.07, 6.45) is -7.44. The van der Waals surface area contributed by atoms with Crippen molar-refractivity contribution in [2.45, 2.75) is 58.4 Å². The molecule has 164 valence electrons. The summed E-state index contributed by atoms with van der Waals surface area (Å²) in [4.78, 5) is 24.2. The Morgan fingerprint density at radius 1 is 1.07 bits per heavy atom. The predicted molar refractivity (Wildman–Crippen MR) is 102 cm³/mol. The molecule has 1 aromatic carbocycles. The first-order chi connectivity index (χ1) is 14.1. The number of ether oxygens (including phenoxy) is 3. The molecular formula is C20H24O10. The van der Waals surface area contributed by atoms with Gasteiger partial charge in [0.05, 0.1) is 6.61 Å². The van der Waals surface area contributed by atoms with Crippen molar-refractivity contribution in [3.63, 3.8) is 0 Å². The largest absolute Gasteiger partial charge is 0.461 e. The molecule has 0 unspecified atom stereocenters. The smallest absolute Gasteiger partial charge is 0.308 e. The maximum atomic E-state index is 12.6. The molecule has 0 radical (unpaired) electrons. The Bertz CT molecular complexity index is 1020. The average Bonchev–Trinajstić information content (AvgIpc) is 2.67. The zero-order valence-electron chi connectivity index (χ0n) is 16.9. The van der Waals surface area contributed by atoms with Crippen molar-refractivity contribution in [2.75, 3.05) is 6.61 Å². The highest BCUT2D eigenvalue weighted by Gasteiger charge is 2.45. The first kappa shape index (κ1) is 22.2. The van der Waals surface area contributed by atoms with Crippen LogP contribution in [0.2, 0.25) is 0 Å². The molecule has 0 bridgehead atoms. The molecule has 0 spiro atoms. The normalized spacial score (nSPS) is 26.6. The van der Waals surface area contributed by atoms with Crippen LogP contribution in [0.5, 0.6) is 11.5 Å². The minimum Gasteiger partial charge on any atom is -0.461 e. The van der Waals surface area contributed by atoms with Crippen LogP contribution < -0.4 is 14.9 Å². The third-order valence-electron chi connectivity index (χ3n) is 4.99. The molecule has 3 rings (SSSR count). The molecule has 5 atom stereocenters. The van der Waals surface area contributed by atoms with Gasteiger partial charge in [0.2, 0.25) is 6.29 Å². The maximum absolute atomic E-state index is 12.6. The number of rotatable bonds is 4. The lowest BCUT2D eigenvalue weighted by atomic mass is 9.99. The van der Waals surface area contributed by atoms with Crippen LogP contribution in [0.3, 0.4) is 0 Å². The topological polar surface area (TPSA) is 156 Å². The number of hydrogen-bond donors (Lipinski definition) is 4. The fourth-order valence-corrected chi connectivity index (χ4v) is 3.49. The lowest BCUT2D eigenvalue weighted by molar-refractivity contribution is -0.277. The van der Waals surface area contributed by atoms with Crippen LogP contribution in [0, 0.1) is 20.8 Å². The van der Waals surface area contributed by atoms with Gasteiger partial charge in [0.25, 0.3) is 0 Å². The molecule has 0 saturated carbocycles. The third-order valence-corrected chi connectivity index (χ3v) is 4.99. The minimum absolute atomic E-state index is 0.0589. The Hall–Kier alpha value is -2.50. The van der Waals surface area contributed by atoms with Gasteiger partial charge in [-0.3, -0.25) is 9.59 Å². The Balaban J connectivity index is 2.16. The van der Waals surface area contributed by atoms with Gasteiger partial charge in [0.15, 0.2) is 11.2 Å². The SMILES string of the molecule is CC(=O)Oc1c(C)c(O[C@H]2O[C@H](CO)[C@@H](O)[C@H](O)[C@H]2O)c(C)c2oc(C)cc(=O)c12. The van der Waals surface area contributed by atoms with Crippen LogP contribution in [0.25, 0.3) is 11.0 Å². The van der Waals surface area contributed by atoms with Crippen molar-refractivity contribution in [1.29, 1.82) is 0 Å². The van der Waals surface area contributed by atoms with E-state index in [0.29, 0.717) is 11.3 Å². The molecular weight excluding hydrogens is 400 g/mol. The third kappa shape index (κ3) is 3.80. The summed E-state index contributed by atoms with van der Waals surface area (Å²) in [6, 6.07) is 1.27. The highest BCUT2D eigenvalue weighted by atomic mass is 16.7.